The topological polar surface area (TPSA) is 76.0 Å². The summed E-state index contributed by atoms with van der Waals surface area (Å²) in [6.45, 7) is 0.710. The van der Waals surface area contributed by atoms with Crippen LogP contribution in [0.5, 0.6) is 0 Å². The van der Waals surface area contributed by atoms with Crippen LogP contribution in [-0.2, 0) is 6.42 Å². The first-order valence-electron chi connectivity index (χ1n) is 5.74. The van der Waals surface area contributed by atoms with E-state index in [9.17, 15) is 9.59 Å². The average molecular weight is 242 g/mol. The molecule has 0 atom stereocenters. The lowest BCUT2D eigenvalue weighted by atomic mass is 10.1. The number of nitrogens with one attached hydrogen (secondary N) is 1. The van der Waals surface area contributed by atoms with Gasteiger partial charge in [0.05, 0.1) is 0 Å². The molecular formula is C14H14N2O2. The van der Waals surface area contributed by atoms with E-state index in [4.69, 9.17) is 5.73 Å². The predicted octanol–water partition coefficient (Wildman–Crippen LogP) is 0.952. The van der Waals surface area contributed by atoms with Crippen molar-refractivity contribution in [2.75, 3.05) is 6.54 Å². The van der Waals surface area contributed by atoms with E-state index >= 15 is 0 Å². The molecule has 0 aliphatic carbocycles. The molecule has 3 rings (SSSR count). The fourth-order valence-electron chi connectivity index (χ4n) is 1.71. The minimum Gasteiger partial charge on any atom is -0.361 e. The van der Waals surface area contributed by atoms with Gasteiger partial charge in [0.15, 0.2) is 0 Å². The average Bonchev–Trinajstić information content (AvgIpc) is 2.81. The Morgan fingerprint density at radius 1 is 1.00 bits per heavy atom. The minimum absolute atomic E-state index is 0.380. The number of fused-ring (bicyclic) bond motifs is 1. The molecule has 0 aliphatic rings. The van der Waals surface area contributed by atoms with Gasteiger partial charge in [-0.1, -0.05) is 18.2 Å². The molecule has 0 bridgehead atoms. The molecule has 18 heavy (non-hydrogen) atoms. The Morgan fingerprint density at radius 2 is 1.67 bits per heavy atom. The van der Waals surface area contributed by atoms with Crippen LogP contribution in [0.2, 0.25) is 0 Å². The van der Waals surface area contributed by atoms with E-state index in [1.165, 1.54) is 28.6 Å². The maximum atomic E-state index is 9.79. The zero-order chi connectivity index (χ0) is 13.0. The number of hydrogen-bond acceptors (Lipinski definition) is 3. The number of aromatic nitrogens is 1. The van der Waals surface area contributed by atoms with Gasteiger partial charge in [-0.25, -0.2) is 0 Å². The van der Waals surface area contributed by atoms with Crippen molar-refractivity contribution in [1.82, 2.24) is 4.98 Å². The monoisotopic (exact) mass is 242 g/mol. The van der Waals surface area contributed by atoms with Gasteiger partial charge in [0.1, 0.15) is 0 Å². The highest BCUT2D eigenvalue weighted by atomic mass is 16.2. The Hall–Kier alpha value is -2.20. The van der Waals surface area contributed by atoms with Gasteiger partial charge in [-0.15, -0.1) is 0 Å². The van der Waals surface area contributed by atoms with Crippen LogP contribution in [0.15, 0.2) is 52.2 Å². The smallest absolute Gasteiger partial charge is 0.225 e. The molecule has 1 heterocycles. The third-order valence-corrected chi connectivity index (χ3v) is 2.72. The highest BCUT2D eigenvalue weighted by Crippen LogP contribution is 2.17. The van der Waals surface area contributed by atoms with Crippen LogP contribution in [-0.4, -0.2) is 11.5 Å². The molecule has 0 unspecified atom stereocenters. The van der Waals surface area contributed by atoms with Gasteiger partial charge in [0, 0.05) is 17.1 Å². The maximum absolute atomic E-state index is 9.79. The second kappa shape index (κ2) is 5.42. The summed E-state index contributed by atoms with van der Waals surface area (Å²) < 4.78 is 0. The van der Waals surface area contributed by atoms with Crippen molar-refractivity contribution < 1.29 is 0 Å². The Balaban J connectivity index is 0.000000169. The summed E-state index contributed by atoms with van der Waals surface area (Å²) in [5, 5.41) is 1.29. The van der Waals surface area contributed by atoms with Crippen LogP contribution in [0.1, 0.15) is 5.56 Å². The first-order chi connectivity index (χ1) is 8.72. The van der Waals surface area contributed by atoms with Crippen molar-refractivity contribution in [2.24, 2.45) is 5.73 Å². The van der Waals surface area contributed by atoms with E-state index in [0.717, 1.165) is 6.42 Å². The molecule has 3 aromatic rings. The fourth-order valence-corrected chi connectivity index (χ4v) is 1.71. The number of H-pyrrole nitrogens is 1. The first kappa shape index (κ1) is 12.3. The number of aromatic amines is 1. The zero-order valence-corrected chi connectivity index (χ0v) is 9.85. The van der Waals surface area contributed by atoms with Crippen molar-refractivity contribution >= 4 is 10.9 Å². The third kappa shape index (κ3) is 2.55. The molecule has 92 valence electrons. The van der Waals surface area contributed by atoms with Crippen LogP contribution >= 0.6 is 0 Å². The van der Waals surface area contributed by atoms with Crippen molar-refractivity contribution in [2.45, 2.75) is 6.42 Å². The highest BCUT2D eigenvalue weighted by molar-refractivity contribution is 5.82. The highest BCUT2D eigenvalue weighted by Gasteiger charge is 1.99. The largest absolute Gasteiger partial charge is 0.361 e. The molecule has 2 aromatic carbocycles. The van der Waals surface area contributed by atoms with Gasteiger partial charge < -0.3 is 10.7 Å². The SMILES string of the molecule is NCCc1c[nH]c2ccccc12.O=c1ccc1=O. The van der Waals surface area contributed by atoms with Gasteiger partial charge in [0.2, 0.25) is 10.9 Å². The van der Waals surface area contributed by atoms with E-state index in [-0.39, 0.29) is 10.9 Å². The Labute approximate surface area is 104 Å². The molecule has 1 aromatic heterocycles. The third-order valence-electron chi connectivity index (χ3n) is 2.72. The van der Waals surface area contributed by atoms with Crippen LogP contribution in [0.4, 0.5) is 0 Å². The summed E-state index contributed by atoms with van der Waals surface area (Å²) in [4.78, 5) is 22.8. The van der Waals surface area contributed by atoms with Gasteiger partial charge >= 0.3 is 0 Å². The summed E-state index contributed by atoms with van der Waals surface area (Å²) >= 11 is 0. The van der Waals surface area contributed by atoms with Crippen LogP contribution in [0, 0.1) is 0 Å². The van der Waals surface area contributed by atoms with Crippen LogP contribution in [0.3, 0.4) is 0 Å². The number of benzene rings is 1. The molecule has 3 N–H and O–H groups in total. The molecule has 0 aliphatic heterocycles. The molecule has 0 radical (unpaired) electrons. The number of hydrogen-bond donors (Lipinski definition) is 2. The van der Waals surface area contributed by atoms with Gasteiger partial charge in [-0.3, -0.25) is 9.59 Å². The van der Waals surface area contributed by atoms with E-state index in [0.29, 0.717) is 6.54 Å². The number of nitrogens with two attached hydrogens (primary N) is 1. The molecule has 0 fully saturated rings. The fraction of sp³-hybridized carbons (Fsp3) is 0.143. The van der Waals surface area contributed by atoms with Crippen molar-refractivity contribution in [1.29, 1.82) is 0 Å². The minimum atomic E-state index is -0.380. The summed E-state index contributed by atoms with van der Waals surface area (Å²) in [6, 6.07) is 10.8. The molecule has 4 nitrogen and oxygen atoms in total. The first-order valence-corrected chi connectivity index (χ1v) is 5.74. The molecule has 0 saturated heterocycles. The van der Waals surface area contributed by atoms with Gasteiger partial charge in [-0.05, 0) is 36.7 Å². The number of rotatable bonds is 2. The lowest BCUT2D eigenvalue weighted by Crippen LogP contribution is -2.26. The molecule has 0 amide bonds. The molecule has 0 saturated carbocycles. The molecular weight excluding hydrogens is 228 g/mol. The lowest BCUT2D eigenvalue weighted by molar-refractivity contribution is 0.976. The summed E-state index contributed by atoms with van der Waals surface area (Å²) in [6.07, 6.45) is 2.99. The second-order valence-corrected chi connectivity index (χ2v) is 3.96. The zero-order valence-electron chi connectivity index (χ0n) is 9.85. The molecule has 4 heteroatoms. The summed E-state index contributed by atoms with van der Waals surface area (Å²) in [5.41, 5.74) is 7.25. The van der Waals surface area contributed by atoms with E-state index < -0.39 is 0 Å². The van der Waals surface area contributed by atoms with Crippen LogP contribution in [0.25, 0.3) is 10.9 Å². The Kier molecular flexibility index (Phi) is 3.69. The van der Waals surface area contributed by atoms with Gasteiger partial charge in [-0.2, -0.15) is 0 Å². The standard InChI is InChI=1S/C10H12N2.C4H2O2/c11-6-5-8-7-12-10-4-2-1-3-9(8)10;5-3-1-2-4(3)6/h1-4,7,12H,5-6,11H2;1-2H. The van der Waals surface area contributed by atoms with Crippen molar-refractivity contribution in [3.8, 4) is 0 Å². The van der Waals surface area contributed by atoms with Crippen molar-refractivity contribution in [3.05, 3.63) is 68.6 Å². The van der Waals surface area contributed by atoms with Crippen LogP contribution < -0.4 is 16.6 Å². The van der Waals surface area contributed by atoms with E-state index in [2.05, 4.69) is 23.2 Å². The second-order valence-electron chi connectivity index (χ2n) is 3.96. The lowest BCUT2D eigenvalue weighted by Gasteiger charge is -1.93. The quantitative estimate of drug-likeness (QED) is 0.657. The maximum Gasteiger partial charge on any atom is 0.225 e. The summed E-state index contributed by atoms with van der Waals surface area (Å²) in [7, 11) is 0. The summed E-state index contributed by atoms with van der Waals surface area (Å²) in [5.74, 6) is 0. The van der Waals surface area contributed by atoms with E-state index in [1.54, 1.807) is 0 Å². The Bertz CT molecular complexity index is 682. The van der Waals surface area contributed by atoms with Gasteiger partial charge in [0.25, 0.3) is 0 Å². The number of para-hydroxylation sites is 1. The normalized spacial score (nSPS) is 10.3. The van der Waals surface area contributed by atoms with Crippen molar-refractivity contribution in [3.63, 3.8) is 0 Å². The predicted molar refractivity (Wildman–Crippen MR) is 72.4 cm³/mol. The Morgan fingerprint density at radius 3 is 2.22 bits per heavy atom. The van der Waals surface area contributed by atoms with E-state index in [1.807, 2.05) is 12.3 Å². The molecule has 0 spiro atoms.